The molecule has 0 saturated carbocycles. The van der Waals surface area contributed by atoms with Gasteiger partial charge >= 0.3 is 0 Å². The number of pyridine rings is 1. The van der Waals surface area contributed by atoms with Gasteiger partial charge in [0, 0.05) is 24.6 Å². The van der Waals surface area contributed by atoms with Crippen molar-refractivity contribution in [2.24, 2.45) is 0 Å². The second-order valence-corrected chi connectivity index (χ2v) is 5.81. The Kier molecular flexibility index (Phi) is 5.11. The number of hydrogen-bond donors (Lipinski definition) is 1. The van der Waals surface area contributed by atoms with E-state index in [1.807, 2.05) is 0 Å². The summed E-state index contributed by atoms with van der Waals surface area (Å²) >= 11 is 0. The van der Waals surface area contributed by atoms with Crippen molar-refractivity contribution < 1.29 is 28.5 Å². The normalized spacial score (nSPS) is 16.4. The zero-order valence-electron chi connectivity index (χ0n) is 14.4. The Morgan fingerprint density at radius 3 is 2.58 bits per heavy atom. The monoisotopic (exact) mass is 362 g/mol. The maximum atomic E-state index is 13.1. The first-order valence-electron chi connectivity index (χ1n) is 8.05. The van der Waals surface area contributed by atoms with Gasteiger partial charge in [0.05, 0.1) is 20.8 Å². The standard InChI is InChI=1S/C18H19FN2O5/c1-24-13-8-11(9-14(25-2)17(13)22)18(23)21-7-6-12(10-21)26-16-5-3-4-15(19)20-16/h3-5,8-9,12,22H,6-7,10H2,1-2H3. The third-order valence-electron chi connectivity index (χ3n) is 4.14. The highest BCUT2D eigenvalue weighted by Gasteiger charge is 2.29. The average molecular weight is 362 g/mol. The molecule has 1 N–H and O–H groups in total. The van der Waals surface area contributed by atoms with Gasteiger partial charge in [0.25, 0.3) is 5.91 Å². The number of amides is 1. The molecule has 1 atom stereocenters. The lowest BCUT2D eigenvalue weighted by Crippen LogP contribution is -2.31. The molecule has 2 aromatic rings. The number of phenols is 1. The summed E-state index contributed by atoms with van der Waals surface area (Å²) in [6, 6.07) is 7.25. The highest BCUT2D eigenvalue weighted by atomic mass is 19.1. The van der Waals surface area contributed by atoms with Crippen molar-refractivity contribution in [3.63, 3.8) is 0 Å². The van der Waals surface area contributed by atoms with Crippen LogP contribution in [-0.4, -0.2) is 54.3 Å². The van der Waals surface area contributed by atoms with E-state index in [9.17, 15) is 14.3 Å². The number of carbonyl (C=O) groups excluding carboxylic acids is 1. The van der Waals surface area contributed by atoms with Crippen molar-refractivity contribution in [3.05, 3.63) is 41.8 Å². The van der Waals surface area contributed by atoms with E-state index in [0.29, 0.717) is 25.1 Å². The van der Waals surface area contributed by atoms with Crippen LogP contribution < -0.4 is 14.2 Å². The van der Waals surface area contributed by atoms with Crippen molar-refractivity contribution in [2.75, 3.05) is 27.3 Å². The van der Waals surface area contributed by atoms with Crippen LogP contribution in [0.2, 0.25) is 0 Å². The summed E-state index contributed by atoms with van der Waals surface area (Å²) in [5, 5.41) is 9.96. The zero-order chi connectivity index (χ0) is 18.7. The van der Waals surface area contributed by atoms with Gasteiger partial charge in [0.1, 0.15) is 6.10 Å². The third-order valence-corrected chi connectivity index (χ3v) is 4.14. The van der Waals surface area contributed by atoms with Crippen molar-refractivity contribution >= 4 is 5.91 Å². The molecule has 2 heterocycles. The minimum atomic E-state index is -0.614. The predicted octanol–water partition coefficient (Wildman–Crippen LogP) is 2.24. The first-order chi connectivity index (χ1) is 12.5. The molecule has 1 fully saturated rings. The van der Waals surface area contributed by atoms with Crippen LogP contribution in [0.5, 0.6) is 23.1 Å². The van der Waals surface area contributed by atoms with Gasteiger partial charge in [-0.15, -0.1) is 0 Å². The molecule has 1 aromatic heterocycles. The SMILES string of the molecule is COc1cc(C(=O)N2CCC(Oc3cccc(F)n3)C2)cc(OC)c1O. The molecule has 1 amide bonds. The largest absolute Gasteiger partial charge is 0.502 e. The molecule has 26 heavy (non-hydrogen) atoms. The van der Waals surface area contributed by atoms with E-state index in [-0.39, 0.29) is 35.1 Å². The second kappa shape index (κ2) is 7.47. The number of methoxy groups -OCH3 is 2. The molecular weight excluding hydrogens is 343 g/mol. The lowest BCUT2D eigenvalue weighted by molar-refractivity contribution is 0.0770. The average Bonchev–Trinajstić information content (AvgIpc) is 3.09. The van der Waals surface area contributed by atoms with E-state index in [4.69, 9.17) is 14.2 Å². The fraction of sp³-hybridized carbons (Fsp3) is 0.333. The van der Waals surface area contributed by atoms with Crippen LogP contribution in [0.4, 0.5) is 4.39 Å². The molecular formula is C18H19FN2O5. The maximum Gasteiger partial charge on any atom is 0.254 e. The molecule has 138 valence electrons. The number of likely N-dealkylation sites (tertiary alicyclic amines) is 1. The Bertz CT molecular complexity index is 789. The van der Waals surface area contributed by atoms with Crippen LogP contribution in [-0.2, 0) is 0 Å². The Morgan fingerprint density at radius 1 is 1.27 bits per heavy atom. The van der Waals surface area contributed by atoms with Gasteiger partial charge in [-0.1, -0.05) is 6.07 Å². The van der Waals surface area contributed by atoms with Crippen LogP contribution in [0.1, 0.15) is 16.8 Å². The number of hydrogen-bond acceptors (Lipinski definition) is 6. The van der Waals surface area contributed by atoms with Gasteiger partial charge in [0.2, 0.25) is 17.6 Å². The highest BCUT2D eigenvalue weighted by Crippen LogP contribution is 2.37. The van der Waals surface area contributed by atoms with Gasteiger partial charge in [-0.25, -0.2) is 0 Å². The number of aromatic nitrogens is 1. The number of benzene rings is 1. The van der Waals surface area contributed by atoms with Crippen LogP contribution in [0.3, 0.4) is 0 Å². The Labute approximate surface area is 149 Å². The molecule has 3 rings (SSSR count). The topological polar surface area (TPSA) is 81.1 Å². The predicted molar refractivity (Wildman–Crippen MR) is 90.3 cm³/mol. The van der Waals surface area contributed by atoms with Gasteiger partial charge in [-0.2, -0.15) is 9.37 Å². The van der Waals surface area contributed by atoms with E-state index >= 15 is 0 Å². The number of carbonyl (C=O) groups is 1. The lowest BCUT2D eigenvalue weighted by Gasteiger charge is -2.18. The summed E-state index contributed by atoms with van der Waals surface area (Å²) in [4.78, 5) is 18.0. The molecule has 7 nitrogen and oxygen atoms in total. The first kappa shape index (κ1) is 17.8. The number of phenolic OH excluding ortho intramolecular Hbond substituents is 1. The Hall–Kier alpha value is -3.03. The summed E-state index contributed by atoms with van der Waals surface area (Å²) in [6.45, 7) is 0.840. The van der Waals surface area contributed by atoms with Gasteiger partial charge in [-0.05, 0) is 18.2 Å². The Balaban J connectivity index is 1.71. The van der Waals surface area contributed by atoms with Crippen LogP contribution in [0.25, 0.3) is 0 Å². The number of nitrogens with zero attached hydrogens (tertiary/aromatic N) is 2. The maximum absolute atomic E-state index is 13.1. The number of ether oxygens (including phenoxy) is 3. The van der Waals surface area contributed by atoms with Gasteiger partial charge in [0.15, 0.2) is 11.5 Å². The minimum absolute atomic E-state index is 0.156. The molecule has 0 radical (unpaired) electrons. The van der Waals surface area contributed by atoms with Crippen molar-refractivity contribution in [2.45, 2.75) is 12.5 Å². The third kappa shape index (κ3) is 3.63. The molecule has 8 heteroatoms. The van der Waals surface area contributed by atoms with Crippen molar-refractivity contribution in [1.29, 1.82) is 0 Å². The van der Waals surface area contributed by atoms with E-state index in [1.54, 1.807) is 11.0 Å². The van der Waals surface area contributed by atoms with Crippen LogP contribution >= 0.6 is 0 Å². The number of halogens is 1. The smallest absolute Gasteiger partial charge is 0.254 e. The Morgan fingerprint density at radius 2 is 1.96 bits per heavy atom. The van der Waals surface area contributed by atoms with Gasteiger partial charge < -0.3 is 24.2 Å². The molecule has 1 aliphatic heterocycles. The van der Waals surface area contributed by atoms with E-state index < -0.39 is 5.95 Å². The first-order valence-corrected chi connectivity index (χ1v) is 8.05. The molecule has 1 unspecified atom stereocenters. The van der Waals surface area contributed by atoms with Crippen molar-refractivity contribution in [3.8, 4) is 23.1 Å². The second-order valence-electron chi connectivity index (χ2n) is 5.81. The minimum Gasteiger partial charge on any atom is -0.502 e. The molecule has 0 aliphatic carbocycles. The molecule has 0 spiro atoms. The number of aromatic hydroxyl groups is 1. The van der Waals surface area contributed by atoms with Crippen LogP contribution in [0, 0.1) is 5.95 Å². The summed E-state index contributed by atoms with van der Waals surface area (Å²) in [6.07, 6.45) is 0.338. The fourth-order valence-electron chi connectivity index (χ4n) is 2.83. The van der Waals surface area contributed by atoms with Crippen LogP contribution in [0.15, 0.2) is 30.3 Å². The summed E-state index contributed by atoms with van der Waals surface area (Å²) in [7, 11) is 2.79. The summed E-state index contributed by atoms with van der Waals surface area (Å²) in [5.41, 5.74) is 0.334. The zero-order valence-corrected chi connectivity index (χ0v) is 14.4. The molecule has 1 aromatic carbocycles. The lowest BCUT2D eigenvalue weighted by atomic mass is 10.1. The van der Waals surface area contributed by atoms with E-state index in [0.717, 1.165) is 0 Å². The van der Waals surface area contributed by atoms with Gasteiger partial charge in [-0.3, -0.25) is 4.79 Å². The van der Waals surface area contributed by atoms with Crippen molar-refractivity contribution in [1.82, 2.24) is 9.88 Å². The quantitative estimate of drug-likeness (QED) is 0.822. The molecule has 1 aliphatic rings. The molecule has 1 saturated heterocycles. The molecule has 0 bridgehead atoms. The summed E-state index contributed by atoms with van der Waals surface area (Å²) < 4.78 is 29.0. The summed E-state index contributed by atoms with van der Waals surface area (Å²) in [5.74, 6) is -0.507. The fourth-order valence-corrected chi connectivity index (χ4v) is 2.83. The van der Waals surface area contributed by atoms with E-state index in [2.05, 4.69) is 4.98 Å². The number of rotatable bonds is 5. The van der Waals surface area contributed by atoms with E-state index in [1.165, 1.54) is 38.5 Å². The highest BCUT2D eigenvalue weighted by molar-refractivity contribution is 5.95.